The van der Waals surface area contributed by atoms with Crippen LogP contribution in [0.2, 0.25) is 0 Å². The lowest BCUT2D eigenvalue weighted by molar-refractivity contribution is -0.138. The molecule has 2 atom stereocenters. The summed E-state index contributed by atoms with van der Waals surface area (Å²) in [6.07, 6.45) is -0.915. The molecule has 8 aromatic carbocycles. The summed E-state index contributed by atoms with van der Waals surface area (Å²) >= 11 is 0. The van der Waals surface area contributed by atoms with Gasteiger partial charge in [0.2, 0.25) is 0 Å². The predicted molar refractivity (Wildman–Crippen MR) is 296 cm³/mol. The zero-order valence-electron chi connectivity index (χ0n) is 42.9. The van der Waals surface area contributed by atoms with E-state index in [0.29, 0.717) is 35.1 Å². The Balaban J connectivity index is 0.947. The van der Waals surface area contributed by atoms with E-state index in [2.05, 4.69) is 55.5 Å². The fourth-order valence-corrected chi connectivity index (χ4v) is 10.8. The average Bonchev–Trinajstić information content (AvgIpc) is 3.46. The monoisotopic (exact) mass is 1020 g/mol. The molecule has 1 radical (unpaired) electrons. The lowest BCUT2D eigenvalue weighted by Gasteiger charge is -2.46. The number of carbonyl (C=O) groups excluding carboxylic acids is 5. The fourth-order valence-electron chi connectivity index (χ4n) is 10.8. The molecule has 0 bridgehead atoms. The maximum atomic E-state index is 14.2. The summed E-state index contributed by atoms with van der Waals surface area (Å²) in [5.74, 6) is 0.434. The molecule has 387 valence electrons. The van der Waals surface area contributed by atoms with Crippen LogP contribution in [-0.4, -0.2) is 62.6 Å². The third kappa shape index (κ3) is 11.7. The topological polar surface area (TPSA) is 180 Å². The molecule has 9 rings (SSSR count). The van der Waals surface area contributed by atoms with Crippen LogP contribution in [0.4, 0.5) is 19.2 Å². The second-order valence-electron chi connectivity index (χ2n) is 20.2. The number of rotatable bonds is 14. The van der Waals surface area contributed by atoms with Gasteiger partial charge in [0.1, 0.15) is 29.6 Å². The van der Waals surface area contributed by atoms with Crippen LogP contribution in [0.15, 0.2) is 158 Å². The molecule has 76 heavy (non-hydrogen) atoms. The van der Waals surface area contributed by atoms with E-state index in [1.807, 2.05) is 121 Å². The summed E-state index contributed by atoms with van der Waals surface area (Å²) in [6.45, 7) is 15.5. The summed E-state index contributed by atoms with van der Waals surface area (Å²) in [7, 11) is 0. The Morgan fingerprint density at radius 2 is 0.895 bits per heavy atom. The molecule has 1 aliphatic carbocycles. The first-order valence-corrected chi connectivity index (χ1v) is 25.1. The van der Waals surface area contributed by atoms with E-state index >= 15 is 0 Å². The maximum absolute atomic E-state index is 14.2. The minimum atomic E-state index is -0.774. The highest BCUT2D eigenvalue weighted by Crippen LogP contribution is 2.49. The Labute approximate surface area is 440 Å². The van der Waals surface area contributed by atoms with E-state index in [9.17, 15) is 24.0 Å². The van der Waals surface area contributed by atoms with E-state index in [-0.39, 0.29) is 66.3 Å². The van der Waals surface area contributed by atoms with Gasteiger partial charge in [-0.3, -0.25) is 0 Å². The Morgan fingerprint density at radius 1 is 0.513 bits per heavy atom. The molecule has 1 fully saturated rings. The van der Waals surface area contributed by atoms with Crippen LogP contribution in [0.25, 0.3) is 65.3 Å². The van der Waals surface area contributed by atoms with Gasteiger partial charge in [-0.1, -0.05) is 149 Å². The first-order chi connectivity index (χ1) is 36.6. The third-order valence-corrected chi connectivity index (χ3v) is 13.5. The van der Waals surface area contributed by atoms with Crippen molar-refractivity contribution in [2.45, 2.75) is 53.0 Å². The molecule has 1 saturated carbocycles. The van der Waals surface area contributed by atoms with Gasteiger partial charge in [-0.15, -0.1) is 0 Å². The highest BCUT2D eigenvalue weighted by molar-refractivity contribution is 6.12. The molecule has 0 saturated heterocycles. The SMILES string of the molecule is [CH2]CNC(=O)Oc1ccc2ccccc2c1-c1c(OC(=O)NC2CC(C)(C)CC(C)(CNC(=O)Oc3ccc4ccccc4c3-c3c(OC(=O)NCCOC(=O)C(=C)C)ccc4ccccc34)C2)ccc2ccccc12. The zero-order chi connectivity index (χ0) is 53.6. The smallest absolute Gasteiger partial charge is 0.412 e. The average molecular weight is 1020 g/mol. The van der Waals surface area contributed by atoms with Crippen molar-refractivity contribution in [3.63, 3.8) is 0 Å². The normalized spacial score (nSPS) is 15.8. The van der Waals surface area contributed by atoms with Crippen molar-refractivity contribution in [3.8, 4) is 45.3 Å². The molecular weight excluding hydrogens is 961 g/mol. The molecule has 1 aliphatic rings. The molecule has 2 unspecified atom stereocenters. The van der Waals surface area contributed by atoms with E-state index in [1.54, 1.807) is 24.3 Å². The number of carbonyl (C=O) groups is 5. The first kappa shape index (κ1) is 52.0. The van der Waals surface area contributed by atoms with Crippen molar-refractivity contribution in [2.75, 3.05) is 26.2 Å². The molecule has 0 aliphatic heterocycles. The van der Waals surface area contributed by atoms with E-state index in [1.165, 1.54) is 6.92 Å². The van der Waals surface area contributed by atoms with Crippen molar-refractivity contribution >= 4 is 73.4 Å². The second kappa shape index (κ2) is 22.3. The van der Waals surface area contributed by atoms with Crippen molar-refractivity contribution in [1.82, 2.24) is 21.3 Å². The van der Waals surface area contributed by atoms with Gasteiger partial charge in [0.05, 0.1) is 6.54 Å². The highest BCUT2D eigenvalue weighted by Gasteiger charge is 2.42. The summed E-state index contributed by atoms with van der Waals surface area (Å²) < 4.78 is 29.5. The first-order valence-electron chi connectivity index (χ1n) is 25.1. The molecule has 4 N–H and O–H groups in total. The maximum Gasteiger partial charge on any atom is 0.412 e. The molecule has 14 nitrogen and oxygen atoms in total. The Bertz CT molecular complexity index is 3570. The number of fused-ring (bicyclic) bond motifs is 4. The number of ether oxygens (including phenoxy) is 5. The lowest BCUT2D eigenvalue weighted by atomic mass is 9.62. The Hall–Kier alpha value is -8.91. The van der Waals surface area contributed by atoms with Crippen LogP contribution in [0.5, 0.6) is 23.0 Å². The van der Waals surface area contributed by atoms with E-state index in [4.69, 9.17) is 23.7 Å². The van der Waals surface area contributed by atoms with Crippen LogP contribution in [0.1, 0.15) is 47.0 Å². The largest absolute Gasteiger partial charge is 0.460 e. The summed E-state index contributed by atoms with van der Waals surface area (Å²) in [6, 6.07) is 44.9. The van der Waals surface area contributed by atoms with Crippen LogP contribution in [-0.2, 0) is 9.53 Å². The molecular formula is C62H59N4O10. The van der Waals surface area contributed by atoms with Crippen LogP contribution >= 0.6 is 0 Å². The van der Waals surface area contributed by atoms with Crippen LogP contribution in [0.3, 0.4) is 0 Å². The van der Waals surface area contributed by atoms with Gasteiger partial charge < -0.3 is 45.0 Å². The molecule has 0 spiro atoms. The molecule has 4 amide bonds. The van der Waals surface area contributed by atoms with Crippen molar-refractivity contribution in [3.05, 3.63) is 165 Å². The van der Waals surface area contributed by atoms with Crippen molar-refractivity contribution in [2.24, 2.45) is 10.8 Å². The second-order valence-corrected chi connectivity index (χ2v) is 20.2. The van der Waals surface area contributed by atoms with Crippen LogP contribution < -0.4 is 40.2 Å². The number of hydrogen-bond acceptors (Lipinski definition) is 10. The van der Waals surface area contributed by atoms with Gasteiger partial charge in [-0.25, -0.2) is 24.0 Å². The van der Waals surface area contributed by atoms with E-state index < -0.39 is 35.8 Å². The molecule has 0 heterocycles. The highest BCUT2D eigenvalue weighted by atomic mass is 16.6. The van der Waals surface area contributed by atoms with Gasteiger partial charge in [0.25, 0.3) is 0 Å². The van der Waals surface area contributed by atoms with Crippen LogP contribution in [0, 0.1) is 17.8 Å². The Kier molecular flexibility index (Phi) is 15.2. The minimum Gasteiger partial charge on any atom is -0.460 e. The summed E-state index contributed by atoms with van der Waals surface area (Å²) in [4.78, 5) is 66.4. The fraction of sp³-hybridized carbons (Fsp3) is 0.226. The van der Waals surface area contributed by atoms with Gasteiger partial charge in [-0.2, -0.15) is 0 Å². The number of nitrogens with one attached hydrogen (secondary N) is 4. The Morgan fingerprint density at radius 3 is 1.30 bits per heavy atom. The van der Waals surface area contributed by atoms with Gasteiger partial charge >= 0.3 is 30.3 Å². The quantitative estimate of drug-likeness (QED) is 0.0465. The number of benzene rings is 8. The van der Waals surface area contributed by atoms with Crippen molar-refractivity contribution in [1.29, 1.82) is 0 Å². The van der Waals surface area contributed by atoms with E-state index in [0.717, 1.165) is 49.5 Å². The standard InChI is InChI=1S/C62H59N4O10/c1-7-63-57(68)73-48-28-24-39-16-8-12-20-44(39)52(48)55-47-23-15-11-19-42(47)27-31-51(55)76-60(71)66-43-34-61(4,5)36-62(6,35-43)37-65-59(70)75-50-30-26-41-18-10-14-22-46(41)54(50)53-45-21-13-9-17-40(45)25-29-49(53)74-58(69)64-32-33-72-56(67)38(2)3/h8-31,43H,1-2,7,32-37H2,3-6H3,(H,63,68)(H,64,69)(H,65,70)(H,66,71). The summed E-state index contributed by atoms with van der Waals surface area (Å²) in [5.41, 5.74) is 1.71. The predicted octanol–water partition coefficient (Wildman–Crippen LogP) is 13.2. The third-order valence-electron chi connectivity index (χ3n) is 13.5. The number of amides is 4. The lowest BCUT2D eigenvalue weighted by Crippen LogP contribution is -2.51. The molecule has 8 aromatic rings. The zero-order valence-corrected chi connectivity index (χ0v) is 42.9. The molecule has 0 aromatic heterocycles. The number of hydrogen-bond donors (Lipinski definition) is 4. The summed E-state index contributed by atoms with van der Waals surface area (Å²) in [5, 5.41) is 18.0. The van der Waals surface area contributed by atoms with Crippen molar-refractivity contribution < 1.29 is 47.7 Å². The molecule has 14 heteroatoms. The number of esters is 1. The van der Waals surface area contributed by atoms with Gasteiger partial charge in [0.15, 0.2) is 0 Å². The minimum absolute atomic E-state index is 0.00264. The van der Waals surface area contributed by atoms with Gasteiger partial charge in [-0.05, 0) is 111 Å². The van der Waals surface area contributed by atoms with Gasteiger partial charge in [0, 0.05) is 47.0 Å².